The van der Waals surface area contributed by atoms with Gasteiger partial charge in [0.1, 0.15) is 0 Å². The van der Waals surface area contributed by atoms with Gasteiger partial charge >= 0.3 is 0 Å². The molecule has 2 saturated carbocycles. The van der Waals surface area contributed by atoms with Crippen LogP contribution in [0.3, 0.4) is 0 Å². The highest BCUT2D eigenvalue weighted by Crippen LogP contribution is 2.39. The number of unbranched alkanes of at least 4 members (excludes halogenated alkanes) is 5. The largest absolute Gasteiger partial charge is 0.236 e. The summed E-state index contributed by atoms with van der Waals surface area (Å²) in [6.07, 6.45) is 27.9. The predicted molar refractivity (Wildman–Crippen MR) is 150 cm³/mol. The fraction of sp³-hybridized carbons (Fsp3) is 0.697. The topological polar surface area (TPSA) is 25.8 Å². The molecule has 1 aromatic carbocycles. The first kappa shape index (κ1) is 26.4. The van der Waals surface area contributed by atoms with E-state index in [0.29, 0.717) is 5.92 Å². The molecule has 2 nitrogen and oxygen atoms in total. The Kier molecular flexibility index (Phi) is 10.7. The minimum Gasteiger partial charge on any atom is -0.236 e. The zero-order chi connectivity index (χ0) is 24.3. The molecule has 192 valence electrons. The van der Waals surface area contributed by atoms with Gasteiger partial charge in [0, 0.05) is 18.0 Å². The molecule has 0 bridgehead atoms. The van der Waals surface area contributed by atoms with Crippen LogP contribution in [-0.4, -0.2) is 9.97 Å². The molecular formula is C33H50N2. The molecule has 2 aliphatic rings. The molecule has 2 fully saturated rings. The standard InChI is InChI=1S/C33H50N2/c1-3-5-6-7-8-9-11-27-14-18-30(19-15-27)32-24-34-33(35-25-32)31-22-20-29(21-23-31)28-16-12-26(10-4-2)13-17-28/h20-28,30H,3-19H2,1-2H3. The Bertz CT molecular complexity index is 824. The molecule has 1 aromatic heterocycles. The summed E-state index contributed by atoms with van der Waals surface area (Å²) in [5.41, 5.74) is 4.02. The Morgan fingerprint density at radius 2 is 1.11 bits per heavy atom. The van der Waals surface area contributed by atoms with Crippen LogP contribution in [0.25, 0.3) is 11.4 Å². The van der Waals surface area contributed by atoms with Crippen molar-refractivity contribution in [3.8, 4) is 11.4 Å². The van der Waals surface area contributed by atoms with E-state index in [1.54, 1.807) is 0 Å². The first-order valence-corrected chi connectivity index (χ1v) is 15.2. The maximum atomic E-state index is 4.79. The normalized spacial score (nSPS) is 25.0. The van der Waals surface area contributed by atoms with Crippen LogP contribution < -0.4 is 0 Å². The molecular weight excluding hydrogens is 424 g/mol. The number of rotatable bonds is 12. The Hall–Kier alpha value is -1.70. The van der Waals surface area contributed by atoms with Crippen LogP contribution in [0.1, 0.15) is 146 Å². The zero-order valence-corrected chi connectivity index (χ0v) is 22.7. The van der Waals surface area contributed by atoms with Crippen molar-refractivity contribution in [2.24, 2.45) is 11.8 Å². The third-order valence-corrected chi connectivity index (χ3v) is 9.14. The molecule has 1 heterocycles. The number of hydrogen-bond acceptors (Lipinski definition) is 2. The molecule has 0 spiro atoms. The summed E-state index contributed by atoms with van der Waals surface area (Å²) < 4.78 is 0. The molecule has 0 aliphatic heterocycles. The third kappa shape index (κ3) is 7.89. The number of nitrogens with zero attached hydrogens (tertiary/aromatic N) is 2. The molecule has 0 unspecified atom stereocenters. The molecule has 0 N–H and O–H groups in total. The average Bonchev–Trinajstić information content (AvgIpc) is 2.92. The van der Waals surface area contributed by atoms with E-state index < -0.39 is 0 Å². The number of hydrogen-bond donors (Lipinski definition) is 0. The number of aromatic nitrogens is 2. The van der Waals surface area contributed by atoms with Crippen molar-refractivity contribution < 1.29 is 0 Å². The van der Waals surface area contributed by atoms with E-state index in [4.69, 9.17) is 9.97 Å². The van der Waals surface area contributed by atoms with E-state index in [-0.39, 0.29) is 0 Å². The maximum Gasteiger partial charge on any atom is 0.159 e. The second-order valence-electron chi connectivity index (χ2n) is 11.7. The van der Waals surface area contributed by atoms with Crippen LogP contribution in [0.2, 0.25) is 0 Å². The monoisotopic (exact) mass is 474 g/mol. The molecule has 0 saturated heterocycles. The van der Waals surface area contributed by atoms with Crippen molar-refractivity contribution in [2.45, 2.75) is 135 Å². The fourth-order valence-corrected chi connectivity index (χ4v) is 6.79. The summed E-state index contributed by atoms with van der Waals surface area (Å²) in [5.74, 6) is 4.21. The first-order valence-electron chi connectivity index (χ1n) is 15.2. The van der Waals surface area contributed by atoms with Crippen molar-refractivity contribution in [2.75, 3.05) is 0 Å². The predicted octanol–water partition coefficient (Wildman–Crippen LogP) is 10.2. The van der Waals surface area contributed by atoms with Crippen LogP contribution in [0, 0.1) is 11.8 Å². The average molecular weight is 475 g/mol. The van der Waals surface area contributed by atoms with Gasteiger partial charge in [0.05, 0.1) is 0 Å². The van der Waals surface area contributed by atoms with Gasteiger partial charge in [0.15, 0.2) is 5.82 Å². The molecule has 35 heavy (non-hydrogen) atoms. The minimum absolute atomic E-state index is 0.662. The summed E-state index contributed by atoms with van der Waals surface area (Å²) in [6, 6.07) is 9.16. The summed E-state index contributed by atoms with van der Waals surface area (Å²) in [7, 11) is 0. The molecule has 2 aromatic rings. The Morgan fingerprint density at radius 3 is 1.71 bits per heavy atom. The van der Waals surface area contributed by atoms with Gasteiger partial charge < -0.3 is 0 Å². The highest BCUT2D eigenvalue weighted by atomic mass is 14.9. The van der Waals surface area contributed by atoms with E-state index in [9.17, 15) is 0 Å². The van der Waals surface area contributed by atoms with Crippen LogP contribution in [0.5, 0.6) is 0 Å². The lowest BCUT2D eigenvalue weighted by atomic mass is 9.77. The minimum atomic E-state index is 0.662. The van der Waals surface area contributed by atoms with Gasteiger partial charge in [0.2, 0.25) is 0 Å². The maximum absolute atomic E-state index is 4.79. The smallest absolute Gasteiger partial charge is 0.159 e. The van der Waals surface area contributed by atoms with E-state index in [1.807, 2.05) is 0 Å². The van der Waals surface area contributed by atoms with Crippen molar-refractivity contribution in [1.82, 2.24) is 9.97 Å². The van der Waals surface area contributed by atoms with Gasteiger partial charge in [-0.25, -0.2) is 9.97 Å². The van der Waals surface area contributed by atoms with Crippen molar-refractivity contribution in [3.63, 3.8) is 0 Å². The lowest BCUT2D eigenvalue weighted by Gasteiger charge is -2.29. The first-order chi connectivity index (χ1) is 17.3. The van der Waals surface area contributed by atoms with Crippen molar-refractivity contribution >= 4 is 0 Å². The van der Waals surface area contributed by atoms with Crippen LogP contribution >= 0.6 is 0 Å². The SMILES string of the molecule is CCCCCCCCC1CCC(c2cnc(-c3ccc(C4CCC(CCC)CC4)cc3)nc2)CC1. The van der Waals surface area contributed by atoms with Gasteiger partial charge in [0.25, 0.3) is 0 Å². The second-order valence-corrected chi connectivity index (χ2v) is 11.7. The quantitative estimate of drug-likeness (QED) is 0.286. The van der Waals surface area contributed by atoms with Crippen LogP contribution in [0.15, 0.2) is 36.7 Å². The van der Waals surface area contributed by atoms with Crippen molar-refractivity contribution in [3.05, 3.63) is 47.8 Å². The Balaban J connectivity index is 1.21. The van der Waals surface area contributed by atoms with E-state index in [1.165, 1.54) is 120 Å². The fourth-order valence-electron chi connectivity index (χ4n) is 6.79. The zero-order valence-electron chi connectivity index (χ0n) is 22.7. The highest BCUT2D eigenvalue weighted by Gasteiger charge is 2.23. The summed E-state index contributed by atoms with van der Waals surface area (Å²) >= 11 is 0. The molecule has 4 rings (SSSR count). The van der Waals surface area contributed by atoms with E-state index in [0.717, 1.165) is 29.1 Å². The third-order valence-electron chi connectivity index (χ3n) is 9.14. The van der Waals surface area contributed by atoms with Gasteiger partial charge in [-0.05, 0) is 86.2 Å². The summed E-state index contributed by atoms with van der Waals surface area (Å²) in [5, 5.41) is 0. The lowest BCUT2D eigenvalue weighted by molar-refractivity contribution is 0.301. The van der Waals surface area contributed by atoms with E-state index in [2.05, 4.69) is 50.5 Å². The highest BCUT2D eigenvalue weighted by molar-refractivity contribution is 5.55. The summed E-state index contributed by atoms with van der Waals surface area (Å²) in [6.45, 7) is 4.62. The second kappa shape index (κ2) is 14.1. The van der Waals surface area contributed by atoms with Gasteiger partial charge in [-0.3, -0.25) is 0 Å². The van der Waals surface area contributed by atoms with Gasteiger partial charge in [-0.15, -0.1) is 0 Å². The Labute approximate surface area is 215 Å². The van der Waals surface area contributed by atoms with Gasteiger partial charge in [-0.2, -0.15) is 0 Å². The molecule has 2 heteroatoms. The van der Waals surface area contributed by atoms with Crippen LogP contribution in [-0.2, 0) is 0 Å². The van der Waals surface area contributed by atoms with Gasteiger partial charge in [-0.1, -0.05) is 95.9 Å². The molecule has 2 aliphatic carbocycles. The Morgan fingerprint density at radius 1 is 0.571 bits per heavy atom. The molecule has 0 atom stereocenters. The van der Waals surface area contributed by atoms with Crippen LogP contribution in [0.4, 0.5) is 0 Å². The molecule has 0 radical (unpaired) electrons. The summed E-state index contributed by atoms with van der Waals surface area (Å²) in [4.78, 5) is 9.58. The number of benzene rings is 1. The lowest BCUT2D eigenvalue weighted by Crippen LogP contribution is -2.14. The van der Waals surface area contributed by atoms with Crippen molar-refractivity contribution in [1.29, 1.82) is 0 Å². The molecule has 0 amide bonds. The van der Waals surface area contributed by atoms with E-state index >= 15 is 0 Å².